The Hall–Kier alpha value is -4.28. The number of nitrogens with one attached hydrogen (secondary N) is 2. The maximum Gasteiger partial charge on any atom is 0.258 e. The van der Waals surface area contributed by atoms with Crippen molar-refractivity contribution < 1.29 is 33.4 Å². The summed E-state index contributed by atoms with van der Waals surface area (Å²) in [6.07, 6.45) is 2.69. The van der Waals surface area contributed by atoms with Gasteiger partial charge in [-0.15, -0.1) is 0 Å². The summed E-state index contributed by atoms with van der Waals surface area (Å²) >= 11 is 0. The van der Waals surface area contributed by atoms with Crippen molar-refractivity contribution in [3.8, 4) is 17.2 Å². The van der Waals surface area contributed by atoms with Crippen molar-refractivity contribution in [3.63, 3.8) is 0 Å². The molecule has 0 unspecified atom stereocenters. The molecule has 0 saturated heterocycles. The lowest BCUT2D eigenvalue weighted by Crippen LogP contribution is -2.47. The molecular weight excluding hydrogens is 552 g/mol. The summed E-state index contributed by atoms with van der Waals surface area (Å²) in [6.45, 7) is 5.13. The Bertz CT molecular complexity index is 1280. The van der Waals surface area contributed by atoms with E-state index >= 15 is 0 Å². The van der Waals surface area contributed by atoms with Crippen LogP contribution in [0.4, 0.5) is 0 Å². The number of ether oxygens (including phenoxy) is 3. The van der Waals surface area contributed by atoms with Gasteiger partial charge in [-0.1, -0.05) is 6.07 Å². The average molecular weight is 597 g/mol. The number of carbonyl (C=O) groups is 4. The number of amides is 4. The Morgan fingerprint density at radius 1 is 0.907 bits per heavy atom. The van der Waals surface area contributed by atoms with Crippen molar-refractivity contribution in [1.29, 1.82) is 0 Å². The molecule has 2 aromatic carbocycles. The maximum atomic E-state index is 13.5. The van der Waals surface area contributed by atoms with E-state index in [-0.39, 0.29) is 30.7 Å². The molecule has 2 bridgehead atoms. The molecule has 0 aliphatic carbocycles. The zero-order valence-electron chi connectivity index (χ0n) is 25.9. The first-order valence-corrected chi connectivity index (χ1v) is 14.7. The minimum atomic E-state index is -0.734. The highest BCUT2D eigenvalue weighted by atomic mass is 16.5. The first-order chi connectivity index (χ1) is 20.6. The molecule has 0 aromatic heterocycles. The minimum Gasteiger partial charge on any atom is -0.496 e. The Balaban J connectivity index is 1.74. The minimum absolute atomic E-state index is 0.0925. The molecule has 0 fully saturated rings. The van der Waals surface area contributed by atoms with Crippen LogP contribution in [0, 0.1) is 6.92 Å². The normalized spacial score (nSPS) is 18.3. The summed E-state index contributed by atoms with van der Waals surface area (Å²) in [5.41, 5.74) is 2.30. The molecule has 1 aliphatic heterocycles. The van der Waals surface area contributed by atoms with E-state index in [0.717, 1.165) is 11.1 Å². The lowest BCUT2D eigenvalue weighted by atomic mass is 10.1. The molecule has 2 aromatic rings. The summed E-state index contributed by atoms with van der Waals surface area (Å²) in [5, 5.41) is 5.64. The third-order valence-electron chi connectivity index (χ3n) is 7.38. The second-order valence-corrected chi connectivity index (χ2v) is 10.7. The van der Waals surface area contributed by atoms with Crippen LogP contribution in [0.2, 0.25) is 0 Å². The van der Waals surface area contributed by atoms with Gasteiger partial charge in [-0.25, -0.2) is 0 Å². The van der Waals surface area contributed by atoms with Crippen LogP contribution in [-0.4, -0.2) is 93.5 Å². The molecule has 11 nitrogen and oxygen atoms in total. The Morgan fingerprint density at radius 3 is 2.33 bits per heavy atom. The van der Waals surface area contributed by atoms with Gasteiger partial charge in [0, 0.05) is 45.2 Å². The van der Waals surface area contributed by atoms with E-state index in [2.05, 4.69) is 10.6 Å². The molecule has 0 radical (unpaired) electrons. The van der Waals surface area contributed by atoms with Crippen molar-refractivity contribution in [2.45, 2.75) is 52.0 Å². The van der Waals surface area contributed by atoms with Gasteiger partial charge in [-0.3, -0.25) is 19.2 Å². The molecule has 0 saturated carbocycles. The van der Waals surface area contributed by atoms with Crippen molar-refractivity contribution >= 4 is 23.6 Å². The fourth-order valence-corrected chi connectivity index (χ4v) is 4.92. The molecule has 43 heavy (non-hydrogen) atoms. The quantitative estimate of drug-likeness (QED) is 0.558. The van der Waals surface area contributed by atoms with E-state index in [4.69, 9.17) is 14.2 Å². The number of fused-ring (bicyclic) bond motifs is 2. The highest BCUT2D eigenvalue weighted by molar-refractivity contribution is 5.94. The number of nitrogens with zero attached hydrogens (tertiary/aromatic N) is 2. The average Bonchev–Trinajstić information content (AvgIpc) is 3.00. The van der Waals surface area contributed by atoms with Gasteiger partial charge in [-0.2, -0.15) is 0 Å². The smallest absolute Gasteiger partial charge is 0.258 e. The van der Waals surface area contributed by atoms with E-state index in [1.807, 2.05) is 19.1 Å². The van der Waals surface area contributed by atoms with Gasteiger partial charge in [0.1, 0.15) is 11.8 Å². The van der Waals surface area contributed by atoms with E-state index in [9.17, 15) is 19.2 Å². The molecule has 1 atom stereocenters. The fourth-order valence-electron chi connectivity index (χ4n) is 4.92. The molecule has 3 rings (SSSR count). The van der Waals surface area contributed by atoms with Crippen LogP contribution in [0.5, 0.6) is 17.2 Å². The van der Waals surface area contributed by atoms with Gasteiger partial charge in [0.2, 0.25) is 11.8 Å². The summed E-state index contributed by atoms with van der Waals surface area (Å²) in [7, 11) is 4.80. The Morgan fingerprint density at radius 2 is 1.60 bits per heavy atom. The van der Waals surface area contributed by atoms with Gasteiger partial charge in [0.05, 0.1) is 14.2 Å². The van der Waals surface area contributed by atoms with E-state index in [1.165, 1.54) is 7.11 Å². The number of carbonyl (C=O) groups excluding carboxylic acids is 4. The SMILES string of the molecule is COc1ccc(C(=O)N2CCCCN(C)C(=O)[C@H](C)NC(=O)COc3cc(ccc3OC)CCC(=O)NCCC2)cc1C. The molecule has 2 N–H and O–H groups in total. The lowest BCUT2D eigenvalue weighted by Gasteiger charge is -2.25. The topological polar surface area (TPSA) is 127 Å². The second-order valence-electron chi connectivity index (χ2n) is 10.7. The molecule has 1 heterocycles. The zero-order valence-corrected chi connectivity index (χ0v) is 25.9. The standard InChI is InChI=1S/C32H44N4O7/c1-22-19-25(11-13-26(22)41-4)32(40)36-17-7-6-16-35(3)31(39)23(2)34-30(38)21-43-28-20-24(9-12-27(28)42-5)10-14-29(37)33-15-8-18-36/h9,11-13,19-20,23H,6-8,10,14-18,21H2,1-5H3,(H,33,37)(H,34,38)/t23-/m0/s1. The van der Waals surface area contributed by atoms with Gasteiger partial charge in [0.25, 0.3) is 11.8 Å². The van der Waals surface area contributed by atoms with Crippen LogP contribution in [0.25, 0.3) is 0 Å². The van der Waals surface area contributed by atoms with E-state index in [0.29, 0.717) is 74.7 Å². The first kappa shape index (κ1) is 33.2. The highest BCUT2D eigenvalue weighted by Crippen LogP contribution is 2.28. The summed E-state index contributed by atoms with van der Waals surface area (Å²) in [6, 6.07) is 9.96. The first-order valence-electron chi connectivity index (χ1n) is 14.7. The van der Waals surface area contributed by atoms with Crippen LogP contribution in [0.3, 0.4) is 0 Å². The van der Waals surface area contributed by atoms with Crippen molar-refractivity contribution in [2.75, 3.05) is 54.1 Å². The van der Waals surface area contributed by atoms with Gasteiger partial charge >= 0.3 is 0 Å². The summed E-state index contributed by atoms with van der Waals surface area (Å²) in [4.78, 5) is 54.9. The van der Waals surface area contributed by atoms with Crippen LogP contribution in [0.15, 0.2) is 36.4 Å². The molecule has 0 spiro atoms. The zero-order chi connectivity index (χ0) is 31.4. The van der Waals surface area contributed by atoms with Gasteiger partial charge in [-0.05, 0) is 81.0 Å². The van der Waals surface area contributed by atoms with Gasteiger partial charge in [0.15, 0.2) is 18.1 Å². The maximum absolute atomic E-state index is 13.5. The summed E-state index contributed by atoms with van der Waals surface area (Å²) < 4.78 is 16.4. The predicted octanol–water partition coefficient (Wildman–Crippen LogP) is 2.73. The predicted molar refractivity (Wildman–Crippen MR) is 163 cm³/mol. The van der Waals surface area contributed by atoms with Crippen molar-refractivity contribution in [1.82, 2.24) is 20.4 Å². The van der Waals surface area contributed by atoms with E-state index in [1.54, 1.807) is 55.1 Å². The third kappa shape index (κ3) is 9.90. The van der Waals surface area contributed by atoms with Crippen LogP contribution < -0.4 is 24.8 Å². The number of aryl methyl sites for hydroxylation is 2. The Labute approximate surface area is 253 Å². The van der Waals surface area contributed by atoms with Gasteiger partial charge < -0.3 is 34.6 Å². The number of rotatable bonds is 3. The van der Waals surface area contributed by atoms with Crippen LogP contribution in [-0.2, 0) is 20.8 Å². The number of hydrogen-bond donors (Lipinski definition) is 2. The highest BCUT2D eigenvalue weighted by Gasteiger charge is 2.21. The molecule has 11 heteroatoms. The van der Waals surface area contributed by atoms with Crippen LogP contribution in [0.1, 0.15) is 54.1 Å². The number of methoxy groups -OCH3 is 2. The van der Waals surface area contributed by atoms with Crippen molar-refractivity contribution in [3.05, 3.63) is 53.1 Å². The van der Waals surface area contributed by atoms with Crippen molar-refractivity contribution in [2.24, 2.45) is 0 Å². The largest absolute Gasteiger partial charge is 0.496 e. The third-order valence-corrected chi connectivity index (χ3v) is 7.38. The van der Waals surface area contributed by atoms with Crippen LogP contribution >= 0.6 is 0 Å². The molecule has 4 amide bonds. The lowest BCUT2D eigenvalue weighted by molar-refractivity contribution is -0.135. The second kappa shape index (κ2) is 16.4. The molecule has 234 valence electrons. The molecular formula is C32H44N4O7. The molecule has 1 aliphatic rings. The Kier molecular flexibility index (Phi) is 12.7. The summed E-state index contributed by atoms with van der Waals surface area (Å²) in [5.74, 6) is 0.718. The fraction of sp³-hybridized carbons (Fsp3) is 0.500. The number of benzene rings is 2. The van der Waals surface area contributed by atoms with E-state index < -0.39 is 11.9 Å². The number of likely N-dealkylation sites (N-methyl/N-ethyl adjacent to an activating group) is 1. The number of hydrogen-bond acceptors (Lipinski definition) is 7. The monoisotopic (exact) mass is 596 g/mol.